The van der Waals surface area contributed by atoms with Crippen molar-refractivity contribution in [2.45, 2.75) is 57.7 Å². The van der Waals surface area contributed by atoms with Gasteiger partial charge in [-0.15, -0.1) is 11.3 Å². The second-order valence-electron chi connectivity index (χ2n) is 6.12. The van der Waals surface area contributed by atoms with Crippen LogP contribution in [0.4, 0.5) is 0 Å². The fourth-order valence-electron chi connectivity index (χ4n) is 3.94. The van der Waals surface area contributed by atoms with Crippen LogP contribution in [0.3, 0.4) is 0 Å². The molecule has 2 fully saturated rings. The highest BCUT2D eigenvalue weighted by atomic mass is 32.1. The van der Waals surface area contributed by atoms with Crippen LogP contribution in [0.2, 0.25) is 0 Å². The van der Waals surface area contributed by atoms with Gasteiger partial charge in [-0.05, 0) is 38.3 Å². The Bertz CT molecular complexity index is 457. The number of thiophene rings is 1. The molecular weight excluding hydrogens is 268 g/mol. The van der Waals surface area contributed by atoms with Gasteiger partial charge < -0.3 is 10.5 Å². The van der Waals surface area contributed by atoms with Gasteiger partial charge in [0.1, 0.15) is 0 Å². The molecule has 1 aliphatic heterocycles. The van der Waals surface area contributed by atoms with Gasteiger partial charge in [-0.2, -0.15) is 0 Å². The number of ether oxygens (including phenoxy) is 1. The van der Waals surface area contributed by atoms with E-state index in [1.165, 1.54) is 41.0 Å². The average Bonchev–Trinajstić information content (AvgIpc) is 2.79. The van der Waals surface area contributed by atoms with E-state index in [-0.39, 0.29) is 0 Å². The molecule has 0 aromatic carbocycles. The molecule has 1 aromatic heterocycles. The third kappa shape index (κ3) is 2.67. The summed E-state index contributed by atoms with van der Waals surface area (Å²) >= 11 is 1.89. The monoisotopic (exact) mass is 294 g/mol. The summed E-state index contributed by atoms with van der Waals surface area (Å²) in [5, 5.41) is 0. The highest BCUT2D eigenvalue weighted by Gasteiger charge is 2.38. The molecule has 3 nitrogen and oxygen atoms in total. The highest BCUT2D eigenvalue weighted by molar-refractivity contribution is 7.12. The number of fused-ring (bicyclic) bond motifs is 1. The fourth-order valence-corrected chi connectivity index (χ4v) is 4.92. The van der Waals surface area contributed by atoms with Crippen LogP contribution in [-0.2, 0) is 4.74 Å². The zero-order valence-corrected chi connectivity index (χ0v) is 13.4. The second-order valence-corrected chi connectivity index (χ2v) is 7.58. The Morgan fingerprint density at radius 1 is 1.40 bits per heavy atom. The summed E-state index contributed by atoms with van der Waals surface area (Å²) in [6.07, 6.45) is 5.58. The summed E-state index contributed by atoms with van der Waals surface area (Å²) in [4.78, 5) is 5.46. The zero-order chi connectivity index (χ0) is 14.1. The summed E-state index contributed by atoms with van der Waals surface area (Å²) in [7, 11) is 0. The minimum Gasteiger partial charge on any atom is -0.375 e. The van der Waals surface area contributed by atoms with E-state index in [0.717, 1.165) is 13.2 Å². The van der Waals surface area contributed by atoms with E-state index in [0.29, 0.717) is 24.7 Å². The van der Waals surface area contributed by atoms with Gasteiger partial charge in [-0.25, -0.2) is 0 Å². The van der Waals surface area contributed by atoms with E-state index in [2.05, 4.69) is 24.8 Å². The van der Waals surface area contributed by atoms with Gasteiger partial charge in [0.2, 0.25) is 0 Å². The number of nitrogens with two attached hydrogens (primary N) is 1. The predicted octanol–water partition coefficient (Wildman–Crippen LogP) is 3.01. The topological polar surface area (TPSA) is 38.5 Å². The van der Waals surface area contributed by atoms with Gasteiger partial charge in [0.05, 0.1) is 12.7 Å². The van der Waals surface area contributed by atoms with Crippen LogP contribution in [-0.4, -0.2) is 36.7 Å². The Morgan fingerprint density at radius 3 is 2.90 bits per heavy atom. The summed E-state index contributed by atoms with van der Waals surface area (Å²) in [6, 6.07) is 3.28. The Labute approximate surface area is 126 Å². The van der Waals surface area contributed by atoms with E-state index < -0.39 is 0 Å². The van der Waals surface area contributed by atoms with Crippen LogP contribution in [0.1, 0.15) is 47.0 Å². The van der Waals surface area contributed by atoms with Crippen LogP contribution in [0.25, 0.3) is 0 Å². The number of hydrogen-bond acceptors (Lipinski definition) is 4. The molecule has 3 rings (SSSR count). The van der Waals surface area contributed by atoms with Crippen molar-refractivity contribution in [3.8, 4) is 0 Å². The first-order valence-electron chi connectivity index (χ1n) is 7.85. The summed E-state index contributed by atoms with van der Waals surface area (Å²) in [6.45, 7) is 7.02. The molecule has 0 radical (unpaired) electrons. The summed E-state index contributed by atoms with van der Waals surface area (Å²) in [5.74, 6) is 0. The molecule has 2 N–H and O–H groups in total. The van der Waals surface area contributed by atoms with E-state index in [1.807, 2.05) is 11.3 Å². The van der Waals surface area contributed by atoms with Gasteiger partial charge in [-0.3, -0.25) is 4.90 Å². The molecule has 20 heavy (non-hydrogen) atoms. The average molecular weight is 294 g/mol. The van der Waals surface area contributed by atoms with Crippen molar-refractivity contribution in [3.63, 3.8) is 0 Å². The van der Waals surface area contributed by atoms with Crippen molar-refractivity contribution in [1.29, 1.82) is 0 Å². The lowest BCUT2D eigenvalue weighted by Gasteiger charge is -2.47. The standard InChI is InChI=1S/C16H26N2OS/c1-11-9-13(12(2)20-11)15(10-17)18-7-8-19-16-6-4-3-5-14(16)18/h9,14-16H,3-8,10,17H2,1-2H3. The molecule has 0 bridgehead atoms. The largest absolute Gasteiger partial charge is 0.375 e. The van der Waals surface area contributed by atoms with Crippen molar-refractivity contribution in [2.75, 3.05) is 19.7 Å². The van der Waals surface area contributed by atoms with Crippen molar-refractivity contribution in [2.24, 2.45) is 5.73 Å². The smallest absolute Gasteiger partial charge is 0.0731 e. The van der Waals surface area contributed by atoms with Crippen LogP contribution < -0.4 is 5.73 Å². The van der Waals surface area contributed by atoms with E-state index >= 15 is 0 Å². The lowest BCUT2D eigenvalue weighted by molar-refractivity contribution is -0.102. The van der Waals surface area contributed by atoms with Crippen molar-refractivity contribution < 1.29 is 4.74 Å². The Hall–Kier alpha value is -0.420. The fraction of sp³-hybridized carbons (Fsp3) is 0.750. The number of nitrogens with zero attached hydrogens (tertiary/aromatic N) is 1. The second kappa shape index (κ2) is 6.14. The molecule has 3 atom stereocenters. The molecule has 1 saturated heterocycles. The van der Waals surface area contributed by atoms with Gasteiger partial charge >= 0.3 is 0 Å². The third-order valence-corrected chi connectivity index (χ3v) is 5.82. The van der Waals surface area contributed by atoms with E-state index in [4.69, 9.17) is 10.5 Å². The third-order valence-electron chi connectivity index (χ3n) is 4.84. The maximum Gasteiger partial charge on any atom is 0.0731 e. The number of aryl methyl sites for hydroxylation is 2. The van der Waals surface area contributed by atoms with Gasteiger partial charge in [0, 0.05) is 34.9 Å². The van der Waals surface area contributed by atoms with Crippen LogP contribution in [0, 0.1) is 13.8 Å². The molecule has 2 heterocycles. The molecular formula is C16H26N2OS. The summed E-state index contributed by atoms with van der Waals surface area (Å²) in [5.41, 5.74) is 7.60. The maximum atomic E-state index is 6.16. The molecule has 1 aromatic rings. The van der Waals surface area contributed by atoms with Crippen molar-refractivity contribution in [1.82, 2.24) is 4.90 Å². The Kier molecular flexibility index (Phi) is 4.46. The van der Waals surface area contributed by atoms with Gasteiger partial charge in [0.15, 0.2) is 0 Å². The minimum atomic E-state index is 0.370. The molecule has 2 aliphatic rings. The first kappa shape index (κ1) is 14.5. The van der Waals surface area contributed by atoms with Crippen LogP contribution in [0.15, 0.2) is 6.07 Å². The lowest BCUT2D eigenvalue weighted by atomic mass is 9.88. The van der Waals surface area contributed by atoms with Gasteiger partial charge in [0.25, 0.3) is 0 Å². The van der Waals surface area contributed by atoms with Crippen LogP contribution in [0.5, 0.6) is 0 Å². The van der Waals surface area contributed by atoms with Crippen LogP contribution >= 0.6 is 11.3 Å². The molecule has 0 amide bonds. The Balaban J connectivity index is 1.86. The zero-order valence-electron chi connectivity index (χ0n) is 12.6. The quantitative estimate of drug-likeness (QED) is 0.931. The molecule has 0 spiro atoms. The number of hydrogen-bond donors (Lipinski definition) is 1. The predicted molar refractivity (Wildman–Crippen MR) is 84.3 cm³/mol. The number of rotatable bonds is 3. The molecule has 1 saturated carbocycles. The molecule has 1 aliphatic carbocycles. The first-order chi connectivity index (χ1) is 9.70. The molecule has 112 valence electrons. The highest BCUT2D eigenvalue weighted by Crippen LogP contribution is 2.36. The molecule has 4 heteroatoms. The van der Waals surface area contributed by atoms with E-state index in [1.54, 1.807) is 0 Å². The normalized spacial score (nSPS) is 29.1. The molecule has 3 unspecified atom stereocenters. The first-order valence-corrected chi connectivity index (χ1v) is 8.66. The number of morpholine rings is 1. The van der Waals surface area contributed by atoms with Gasteiger partial charge in [-0.1, -0.05) is 12.8 Å². The van der Waals surface area contributed by atoms with Crippen molar-refractivity contribution >= 4 is 11.3 Å². The maximum absolute atomic E-state index is 6.16. The minimum absolute atomic E-state index is 0.370. The summed E-state index contributed by atoms with van der Waals surface area (Å²) < 4.78 is 6.00. The SMILES string of the molecule is Cc1cc(C(CN)N2CCOC3CCCCC32)c(C)s1. The van der Waals surface area contributed by atoms with E-state index in [9.17, 15) is 0 Å². The van der Waals surface area contributed by atoms with Crippen molar-refractivity contribution in [3.05, 3.63) is 21.4 Å². The Morgan fingerprint density at radius 2 is 2.20 bits per heavy atom. The lowest BCUT2D eigenvalue weighted by Crippen LogP contribution is -2.54.